The van der Waals surface area contributed by atoms with Crippen molar-refractivity contribution in [3.63, 3.8) is 0 Å². The predicted octanol–water partition coefficient (Wildman–Crippen LogP) is 2.13. The zero-order valence-corrected chi connectivity index (χ0v) is 6.04. The largest absolute Gasteiger partial charge is 0.375 e. The van der Waals surface area contributed by atoms with Crippen LogP contribution in [0.25, 0.3) is 0 Å². The maximum absolute atomic E-state index is 12.2. The minimum absolute atomic E-state index is 0.0222. The Morgan fingerprint density at radius 1 is 1.27 bits per heavy atom. The number of halogens is 4. The van der Waals surface area contributed by atoms with E-state index in [-0.39, 0.29) is 6.61 Å². The summed E-state index contributed by atoms with van der Waals surface area (Å²) in [7, 11) is 0. The van der Waals surface area contributed by atoms with Gasteiger partial charge in [-0.2, -0.15) is 17.6 Å². The maximum Gasteiger partial charge on any atom is 0.332 e. The van der Waals surface area contributed by atoms with Crippen molar-refractivity contribution in [3.05, 3.63) is 6.92 Å². The fourth-order valence-corrected chi connectivity index (χ4v) is 0.336. The summed E-state index contributed by atoms with van der Waals surface area (Å²) in [6.07, 6.45) is 0. The van der Waals surface area contributed by atoms with Gasteiger partial charge in [0.1, 0.15) is 6.61 Å². The van der Waals surface area contributed by atoms with Crippen molar-refractivity contribution in [2.24, 2.45) is 0 Å². The van der Waals surface area contributed by atoms with Gasteiger partial charge in [-0.25, -0.2) is 0 Å². The van der Waals surface area contributed by atoms with Crippen LogP contribution < -0.4 is 0 Å². The van der Waals surface area contributed by atoms with E-state index in [9.17, 15) is 17.6 Å². The van der Waals surface area contributed by atoms with Crippen molar-refractivity contribution in [1.29, 1.82) is 0 Å². The smallest absolute Gasteiger partial charge is 0.332 e. The second-order valence-corrected chi connectivity index (χ2v) is 2.05. The van der Waals surface area contributed by atoms with Crippen LogP contribution in [0.4, 0.5) is 17.6 Å². The van der Waals surface area contributed by atoms with E-state index in [0.717, 1.165) is 0 Å². The third-order valence-corrected chi connectivity index (χ3v) is 1.02. The number of hydrogen-bond acceptors (Lipinski definition) is 1. The normalized spacial score (nSPS) is 13.6. The van der Waals surface area contributed by atoms with Crippen LogP contribution in [0.3, 0.4) is 0 Å². The van der Waals surface area contributed by atoms with Crippen LogP contribution in [0.15, 0.2) is 0 Å². The Kier molecular flexibility index (Phi) is 3.29. The number of ether oxygens (including phenoxy) is 1. The van der Waals surface area contributed by atoms with Crippen LogP contribution in [0.5, 0.6) is 0 Å². The monoisotopic (exact) mass is 173 g/mol. The maximum atomic E-state index is 12.2. The SMILES string of the molecule is [CH2]C(F)(F)C(F)(F)COCC. The molecule has 0 fully saturated rings. The summed E-state index contributed by atoms with van der Waals surface area (Å²) < 4.78 is 52.3. The van der Waals surface area contributed by atoms with Crippen LogP contribution in [0.1, 0.15) is 6.92 Å². The van der Waals surface area contributed by atoms with E-state index < -0.39 is 18.5 Å². The molecule has 11 heavy (non-hydrogen) atoms. The Bertz CT molecular complexity index is 118. The Balaban J connectivity index is 4.00. The molecule has 0 aromatic rings. The fraction of sp³-hybridized carbons (Fsp3) is 0.833. The molecule has 0 aliphatic heterocycles. The second kappa shape index (κ2) is 3.38. The van der Waals surface area contributed by atoms with Gasteiger partial charge in [0.2, 0.25) is 0 Å². The summed E-state index contributed by atoms with van der Waals surface area (Å²) in [6.45, 7) is 2.16. The van der Waals surface area contributed by atoms with Gasteiger partial charge in [-0.3, -0.25) is 0 Å². The van der Waals surface area contributed by atoms with Crippen molar-refractivity contribution in [1.82, 2.24) is 0 Å². The van der Waals surface area contributed by atoms with E-state index >= 15 is 0 Å². The zero-order valence-electron chi connectivity index (χ0n) is 6.04. The van der Waals surface area contributed by atoms with Crippen molar-refractivity contribution < 1.29 is 22.3 Å². The molecule has 0 aliphatic carbocycles. The molecule has 0 saturated carbocycles. The van der Waals surface area contributed by atoms with Crippen LogP contribution in [-0.4, -0.2) is 25.1 Å². The number of hydrogen-bond donors (Lipinski definition) is 0. The standard InChI is InChI=1S/C6H9F4O/c1-3-11-4-6(9,10)5(2,7)8/h2-4H2,1H3. The zero-order chi connectivity index (χ0) is 9.12. The van der Waals surface area contributed by atoms with Gasteiger partial charge in [-0.05, 0) is 6.92 Å². The molecule has 0 aromatic carbocycles. The summed E-state index contributed by atoms with van der Waals surface area (Å²) in [5.41, 5.74) is 0. The van der Waals surface area contributed by atoms with E-state index in [2.05, 4.69) is 4.74 Å². The Morgan fingerprint density at radius 2 is 1.73 bits per heavy atom. The summed E-state index contributed by atoms with van der Waals surface area (Å²) in [5.74, 6) is -8.44. The molecule has 5 heteroatoms. The highest BCUT2D eigenvalue weighted by Gasteiger charge is 2.52. The summed E-state index contributed by atoms with van der Waals surface area (Å²) in [6, 6.07) is 0. The molecular weight excluding hydrogens is 164 g/mol. The molecule has 0 rings (SSSR count). The van der Waals surface area contributed by atoms with Gasteiger partial charge in [-0.1, -0.05) is 0 Å². The molecule has 0 spiro atoms. The first-order chi connectivity index (χ1) is 4.81. The molecular formula is C6H9F4O. The third kappa shape index (κ3) is 3.05. The third-order valence-electron chi connectivity index (χ3n) is 1.02. The highest BCUT2D eigenvalue weighted by Crippen LogP contribution is 2.33. The molecule has 0 atom stereocenters. The fourth-order valence-electron chi connectivity index (χ4n) is 0.336. The Morgan fingerprint density at radius 3 is 2.00 bits per heavy atom. The van der Waals surface area contributed by atoms with Crippen molar-refractivity contribution in [3.8, 4) is 0 Å². The predicted molar refractivity (Wildman–Crippen MR) is 31.7 cm³/mol. The molecule has 1 nitrogen and oxygen atoms in total. The lowest BCUT2D eigenvalue weighted by atomic mass is 10.2. The van der Waals surface area contributed by atoms with Gasteiger partial charge in [0.15, 0.2) is 0 Å². The molecule has 0 bridgehead atoms. The van der Waals surface area contributed by atoms with Gasteiger partial charge in [-0.15, -0.1) is 0 Å². The van der Waals surface area contributed by atoms with E-state index in [1.807, 2.05) is 6.92 Å². The summed E-state index contributed by atoms with van der Waals surface area (Å²) in [4.78, 5) is 0. The average Bonchev–Trinajstić information content (AvgIpc) is 1.81. The molecule has 67 valence electrons. The molecule has 0 aliphatic rings. The average molecular weight is 173 g/mol. The van der Waals surface area contributed by atoms with Crippen LogP contribution in [0.2, 0.25) is 0 Å². The highest BCUT2D eigenvalue weighted by molar-refractivity contribution is 4.86. The minimum atomic E-state index is -4.26. The van der Waals surface area contributed by atoms with Crippen molar-refractivity contribution in [2.45, 2.75) is 18.8 Å². The lowest BCUT2D eigenvalue weighted by Gasteiger charge is -2.22. The molecule has 0 aromatic heterocycles. The van der Waals surface area contributed by atoms with E-state index in [1.165, 1.54) is 6.92 Å². The lowest BCUT2D eigenvalue weighted by Crippen LogP contribution is -2.42. The van der Waals surface area contributed by atoms with Crippen molar-refractivity contribution >= 4 is 0 Å². The molecule has 0 N–H and O–H groups in total. The van der Waals surface area contributed by atoms with Crippen LogP contribution in [0, 0.1) is 6.92 Å². The van der Waals surface area contributed by atoms with Crippen LogP contribution in [-0.2, 0) is 4.74 Å². The molecule has 0 amide bonds. The lowest BCUT2D eigenvalue weighted by molar-refractivity contribution is -0.208. The molecule has 1 radical (unpaired) electrons. The second-order valence-electron chi connectivity index (χ2n) is 2.05. The van der Waals surface area contributed by atoms with Crippen LogP contribution >= 0.6 is 0 Å². The molecule has 0 saturated heterocycles. The molecule has 0 unspecified atom stereocenters. The van der Waals surface area contributed by atoms with Gasteiger partial charge >= 0.3 is 11.8 Å². The quantitative estimate of drug-likeness (QED) is 0.591. The number of alkyl halides is 4. The van der Waals surface area contributed by atoms with Gasteiger partial charge in [0.05, 0.1) is 0 Å². The first-order valence-electron chi connectivity index (χ1n) is 3.00. The van der Waals surface area contributed by atoms with E-state index in [1.54, 1.807) is 0 Å². The van der Waals surface area contributed by atoms with Gasteiger partial charge in [0.25, 0.3) is 0 Å². The van der Waals surface area contributed by atoms with E-state index in [4.69, 9.17) is 0 Å². The van der Waals surface area contributed by atoms with Gasteiger partial charge in [0, 0.05) is 13.5 Å². The topological polar surface area (TPSA) is 9.23 Å². The summed E-state index contributed by atoms with van der Waals surface area (Å²) >= 11 is 0. The first-order valence-corrected chi connectivity index (χ1v) is 3.00. The van der Waals surface area contributed by atoms with Gasteiger partial charge < -0.3 is 4.74 Å². The number of rotatable bonds is 4. The van der Waals surface area contributed by atoms with E-state index in [0.29, 0.717) is 0 Å². The molecule has 0 heterocycles. The Hall–Kier alpha value is -0.320. The minimum Gasteiger partial charge on any atom is -0.375 e. The first kappa shape index (κ1) is 10.7. The van der Waals surface area contributed by atoms with Crippen molar-refractivity contribution in [2.75, 3.05) is 13.2 Å². The Labute approximate surface area is 62.3 Å². The summed E-state index contributed by atoms with van der Waals surface area (Å²) in [5, 5.41) is 0. The highest BCUT2D eigenvalue weighted by atomic mass is 19.3.